The number of carboxylic acid groups (broad SMARTS) is 1. The van der Waals surface area contributed by atoms with Crippen molar-refractivity contribution in [3.63, 3.8) is 0 Å². The van der Waals surface area contributed by atoms with Crippen LogP contribution in [0.15, 0.2) is 36.5 Å². The fourth-order valence-corrected chi connectivity index (χ4v) is 1.96. The molecule has 0 saturated carbocycles. The standard InChI is InChI=1S/C16H14ClNO3/c1-10-8-13(9-11(2)15(10)17)21-16-12(4-3-7-18-16)5-6-14(19)20/h3-9H,1-2H3,(H,19,20)/b6-5+. The van der Waals surface area contributed by atoms with E-state index in [0.717, 1.165) is 17.2 Å². The Kier molecular flexibility index (Phi) is 4.60. The Morgan fingerprint density at radius 1 is 1.33 bits per heavy atom. The van der Waals surface area contributed by atoms with Crippen LogP contribution in [0.25, 0.3) is 6.08 Å². The third kappa shape index (κ3) is 3.83. The van der Waals surface area contributed by atoms with E-state index >= 15 is 0 Å². The SMILES string of the molecule is Cc1cc(Oc2ncccc2/C=C/C(=O)O)cc(C)c1Cl. The van der Waals surface area contributed by atoms with Gasteiger partial charge in [-0.15, -0.1) is 0 Å². The summed E-state index contributed by atoms with van der Waals surface area (Å²) in [5.41, 5.74) is 2.40. The first-order chi connectivity index (χ1) is 9.97. The van der Waals surface area contributed by atoms with Crippen molar-refractivity contribution in [2.75, 3.05) is 0 Å². The zero-order valence-electron chi connectivity index (χ0n) is 11.6. The minimum absolute atomic E-state index is 0.344. The van der Waals surface area contributed by atoms with Crippen LogP contribution < -0.4 is 4.74 Å². The van der Waals surface area contributed by atoms with Crippen LogP contribution >= 0.6 is 11.6 Å². The molecule has 0 unspecified atom stereocenters. The van der Waals surface area contributed by atoms with E-state index in [9.17, 15) is 4.79 Å². The number of pyridine rings is 1. The van der Waals surface area contributed by atoms with Gasteiger partial charge in [0.25, 0.3) is 0 Å². The molecule has 0 atom stereocenters. The quantitative estimate of drug-likeness (QED) is 0.858. The average molecular weight is 304 g/mol. The van der Waals surface area contributed by atoms with E-state index in [1.165, 1.54) is 6.08 Å². The van der Waals surface area contributed by atoms with E-state index in [4.69, 9.17) is 21.4 Å². The van der Waals surface area contributed by atoms with Crippen molar-refractivity contribution >= 4 is 23.6 Å². The van der Waals surface area contributed by atoms with Gasteiger partial charge >= 0.3 is 5.97 Å². The van der Waals surface area contributed by atoms with Crippen molar-refractivity contribution in [3.05, 3.63) is 58.3 Å². The average Bonchev–Trinajstić information content (AvgIpc) is 2.43. The second-order valence-corrected chi connectivity index (χ2v) is 4.92. The lowest BCUT2D eigenvalue weighted by Gasteiger charge is -2.10. The smallest absolute Gasteiger partial charge is 0.328 e. The number of ether oxygens (including phenoxy) is 1. The molecular formula is C16H14ClNO3. The number of hydrogen-bond donors (Lipinski definition) is 1. The number of hydrogen-bond acceptors (Lipinski definition) is 3. The Morgan fingerprint density at radius 3 is 2.62 bits per heavy atom. The summed E-state index contributed by atoms with van der Waals surface area (Å²) in [6, 6.07) is 7.08. The normalized spacial score (nSPS) is 10.8. The monoisotopic (exact) mass is 303 g/mol. The van der Waals surface area contributed by atoms with Crippen LogP contribution in [0.3, 0.4) is 0 Å². The number of nitrogens with zero attached hydrogens (tertiary/aromatic N) is 1. The van der Waals surface area contributed by atoms with Crippen molar-refractivity contribution in [2.45, 2.75) is 13.8 Å². The van der Waals surface area contributed by atoms with E-state index in [-0.39, 0.29) is 0 Å². The lowest BCUT2D eigenvalue weighted by atomic mass is 10.1. The maximum Gasteiger partial charge on any atom is 0.328 e. The maximum atomic E-state index is 10.6. The van der Waals surface area contributed by atoms with Crippen LogP contribution in [-0.4, -0.2) is 16.1 Å². The lowest BCUT2D eigenvalue weighted by Crippen LogP contribution is -1.93. The molecule has 0 amide bonds. The molecular weight excluding hydrogens is 290 g/mol. The van der Waals surface area contributed by atoms with Crippen molar-refractivity contribution in [1.82, 2.24) is 4.98 Å². The Bertz CT molecular complexity index is 687. The Labute approximate surface area is 127 Å². The van der Waals surface area contributed by atoms with Crippen molar-refractivity contribution in [3.8, 4) is 11.6 Å². The Morgan fingerprint density at radius 2 is 2.00 bits per heavy atom. The highest BCUT2D eigenvalue weighted by atomic mass is 35.5. The van der Waals surface area contributed by atoms with Gasteiger partial charge in [-0.05, 0) is 55.3 Å². The molecule has 0 spiro atoms. The molecule has 1 N–H and O–H groups in total. The molecule has 1 aromatic heterocycles. The molecule has 2 rings (SSSR count). The third-order valence-corrected chi connectivity index (χ3v) is 3.43. The van der Waals surface area contributed by atoms with Crippen LogP contribution in [0.5, 0.6) is 11.6 Å². The highest BCUT2D eigenvalue weighted by molar-refractivity contribution is 6.32. The zero-order chi connectivity index (χ0) is 15.4. The van der Waals surface area contributed by atoms with Gasteiger partial charge in [-0.2, -0.15) is 0 Å². The number of rotatable bonds is 4. The number of halogens is 1. The van der Waals surface area contributed by atoms with Crippen LogP contribution in [0, 0.1) is 13.8 Å². The molecule has 0 fully saturated rings. The highest BCUT2D eigenvalue weighted by Crippen LogP contribution is 2.30. The predicted molar refractivity (Wildman–Crippen MR) is 81.9 cm³/mol. The van der Waals surface area contributed by atoms with Gasteiger partial charge in [0.05, 0.1) is 0 Å². The van der Waals surface area contributed by atoms with E-state index in [2.05, 4.69) is 4.98 Å². The van der Waals surface area contributed by atoms with Gasteiger partial charge in [0, 0.05) is 22.9 Å². The topological polar surface area (TPSA) is 59.4 Å². The first-order valence-electron chi connectivity index (χ1n) is 6.28. The minimum Gasteiger partial charge on any atom is -0.478 e. The van der Waals surface area contributed by atoms with Gasteiger partial charge < -0.3 is 9.84 Å². The molecule has 0 bridgehead atoms. The molecule has 5 heteroatoms. The van der Waals surface area contributed by atoms with Crippen molar-refractivity contribution in [1.29, 1.82) is 0 Å². The molecule has 108 valence electrons. The number of aryl methyl sites for hydroxylation is 2. The van der Waals surface area contributed by atoms with Crippen LogP contribution in [0.1, 0.15) is 16.7 Å². The largest absolute Gasteiger partial charge is 0.478 e. The van der Waals surface area contributed by atoms with Crippen LogP contribution in [0.2, 0.25) is 5.02 Å². The van der Waals surface area contributed by atoms with Gasteiger partial charge in [-0.1, -0.05) is 11.6 Å². The van der Waals surface area contributed by atoms with Gasteiger partial charge in [-0.3, -0.25) is 0 Å². The van der Waals surface area contributed by atoms with E-state index in [1.807, 2.05) is 26.0 Å². The zero-order valence-corrected chi connectivity index (χ0v) is 12.4. The van der Waals surface area contributed by atoms with Crippen molar-refractivity contribution in [2.24, 2.45) is 0 Å². The summed E-state index contributed by atoms with van der Waals surface area (Å²) in [5.74, 6) is -0.0721. The predicted octanol–water partition coefficient (Wildman–Crippen LogP) is 4.24. The molecule has 2 aromatic rings. The first kappa shape index (κ1) is 15.1. The molecule has 0 aliphatic rings. The van der Waals surface area contributed by atoms with Gasteiger partial charge in [0.15, 0.2) is 0 Å². The summed E-state index contributed by atoms with van der Waals surface area (Å²) in [7, 11) is 0. The van der Waals surface area contributed by atoms with Gasteiger partial charge in [-0.25, -0.2) is 9.78 Å². The Balaban J connectivity index is 2.34. The third-order valence-electron chi connectivity index (χ3n) is 2.83. The molecule has 0 saturated heterocycles. The van der Waals surface area contributed by atoms with E-state index < -0.39 is 5.97 Å². The number of aliphatic carboxylic acids is 1. The number of carbonyl (C=O) groups is 1. The summed E-state index contributed by atoms with van der Waals surface area (Å²) in [5, 5.41) is 9.40. The molecule has 0 aliphatic carbocycles. The molecule has 21 heavy (non-hydrogen) atoms. The Hall–Kier alpha value is -2.33. The molecule has 0 aliphatic heterocycles. The van der Waals surface area contributed by atoms with E-state index in [0.29, 0.717) is 22.2 Å². The number of aromatic nitrogens is 1. The lowest BCUT2D eigenvalue weighted by molar-refractivity contribution is -0.131. The molecule has 1 heterocycles. The summed E-state index contributed by atoms with van der Waals surface area (Å²) >= 11 is 6.12. The van der Waals surface area contributed by atoms with Gasteiger partial charge in [0.2, 0.25) is 5.88 Å². The second kappa shape index (κ2) is 6.41. The minimum atomic E-state index is -1.03. The van der Waals surface area contributed by atoms with Crippen LogP contribution in [-0.2, 0) is 4.79 Å². The number of benzene rings is 1. The molecule has 0 radical (unpaired) electrons. The second-order valence-electron chi connectivity index (χ2n) is 4.54. The first-order valence-corrected chi connectivity index (χ1v) is 6.66. The summed E-state index contributed by atoms with van der Waals surface area (Å²) in [6.07, 6.45) is 4.08. The summed E-state index contributed by atoms with van der Waals surface area (Å²) in [4.78, 5) is 14.7. The summed E-state index contributed by atoms with van der Waals surface area (Å²) < 4.78 is 5.74. The summed E-state index contributed by atoms with van der Waals surface area (Å²) in [6.45, 7) is 3.79. The van der Waals surface area contributed by atoms with Crippen molar-refractivity contribution < 1.29 is 14.6 Å². The fourth-order valence-electron chi connectivity index (χ4n) is 1.85. The molecule has 4 nitrogen and oxygen atoms in total. The highest BCUT2D eigenvalue weighted by Gasteiger charge is 2.07. The van der Waals surface area contributed by atoms with Gasteiger partial charge in [0.1, 0.15) is 5.75 Å². The molecule has 1 aromatic carbocycles. The fraction of sp³-hybridized carbons (Fsp3) is 0.125. The number of carboxylic acids is 1. The van der Waals surface area contributed by atoms with Crippen LogP contribution in [0.4, 0.5) is 0 Å². The maximum absolute atomic E-state index is 10.6. The van der Waals surface area contributed by atoms with E-state index in [1.54, 1.807) is 18.3 Å².